The highest BCUT2D eigenvalue weighted by Crippen LogP contribution is 2.19. The first kappa shape index (κ1) is 14.8. The molecule has 0 aromatic carbocycles. The van der Waals surface area contributed by atoms with E-state index in [1.165, 1.54) is 0 Å². The van der Waals surface area contributed by atoms with Crippen LogP contribution in [0.2, 0.25) is 0 Å². The molecule has 2 N–H and O–H groups in total. The van der Waals surface area contributed by atoms with Crippen molar-refractivity contribution in [3.63, 3.8) is 0 Å². The molecule has 0 radical (unpaired) electrons. The minimum absolute atomic E-state index is 0.0474. The predicted molar refractivity (Wildman–Crippen MR) is 67.1 cm³/mol. The van der Waals surface area contributed by atoms with Crippen LogP contribution in [0, 0.1) is 0 Å². The minimum atomic E-state index is -4.13. The molecule has 7 heteroatoms. The van der Waals surface area contributed by atoms with E-state index in [1.807, 2.05) is 0 Å². The standard InChI is InChI=1S/C11H14F3N3S/c1-17(5-3-11(12,13)14)7-8-2-4-16-9(6-8)10(15)18/h2,4,6H,3,5,7H2,1H3,(H2,15,18). The number of thiocarbonyl (C=S) groups is 1. The van der Waals surface area contributed by atoms with Crippen LogP contribution in [-0.4, -0.2) is 34.6 Å². The molecular formula is C11H14F3N3S. The fourth-order valence-electron chi connectivity index (χ4n) is 1.42. The lowest BCUT2D eigenvalue weighted by Crippen LogP contribution is -2.24. The molecule has 1 aromatic heterocycles. The maximum Gasteiger partial charge on any atom is 0.390 e. The van der Waals surface area contributed by atoms with Gasteiger partial charge in [0.1, 0.15) is 4.99 Å². The van der Waals surface area contributed by atoms with E-state index in [9.17, 15) is 13.2 Å². The van der Waals surface area contributed by atoms with Gasteiger partial charge in [0, 0.05) is 19.3 Å². The molecule has 0 aliphatic carbocycles. The van der Waals surface area contributed by atoms with Crippen LogP contribution < -0.4 is 5.73 Å². The Bertz CT molecular complexity index is 420. The summed E-state index contributed by atoms with van der Waals surface area (Å²) in [6.07, 6.45) is -3.41. The van der Waals surface area contributed by atoms with Crippen LogP contribution >= 0.6 is 12.2 Å². The summed E-state index contributed by atoms with van der Waals surface area (Å²) in [6, 6.07) is 3.41. The molecular weight excluding hydrogens is 263 g/mol. The van der Waals surface area contributed by atoms with Crippen molar-refractivity contribution in [2.45, 2.75) is 19.1 Å². The van der Waals surface area contributed by atoms with Crippen molar-refractivity contribution in [3.05, 3.63) is 29.6 Å². The molecule has 3 nitrogen and oxygen atoms in total. The first-order valence-corrected chi connectivity index (χ1v) is 5.69. The number of halogens is 3. The summed E-state index contributed by atoms with van der Waals surface area (Å²) in [5.41, 5.74) is 6.75. The summed E-state index contributed by atoms with van der Waals surface area (Å²) in [6.45, 7) is 0.350. The number of rotatable bonds is 5. The van der Waals surface area contributed by atoms with Gasteiger partial charge in [-0.3, -0.25) is 4.98 Å². The molecule has 18 heavy (non-hydrogen) atoms. The fraction of sp³-hybridized carbons (Fsp3) is 0.455. The molecule has 1 heterocycles. The molecule has 100 valence electrons. The third-order valence-corrected chi connectivity index (χ3v) is 2.52. The highest BCUT2D eigenvalue weighted by atomic mass is 32.1. The van der Waals surface area contributed by atoms with Crippen LogP contribution in [0.1, 0.15) is 17.7 Å². The lowest BCUT2D eigenvalue weighted by Gasteiger charge is -2.17. The highest BCUT2D eigenvalue weighted by molar-refractivity contribution is 7.80. The van der Waals surface area contributed by atoms with E-state index in [0.29, 0.717) is 12.2 Å². The molecule has 1 rings (SSSR count). The van der Waals surface area contributed by atoms with Crippen molar-refractivity contribution in [2.75, 3.05) is 13.6 Å². The fourth-order valence-corrected chi connectivity index (χ4v) is 1.53. The van der Waals surface area contributed by atoms with E-state index in [-0.39, 0.29) is 11.5 Å². The second-order valence-corrected chi connectivity index (χ2v) is 4.46. The smallest absolute Gasteiger partial charge is 0.388 e. The summed E-state index contributed by atoms with van der Waals surface area (Å²) < 4.78 is 36.2. The number of hydrogen-bond donors (Lipinski definition) is 1. The van der Waals surface area contributed by atoms with Gasteiger partial charge in [-0.15, -0.1) is 0 Å². The summed E-state index contributed by atoms with van der Waals surface area (Å²) in [5.74, 6) is 0. The van der Waals surface area contributed by atoms with Gasteiger partial charge in [-0.25, -0.2) is 0 Å². The Hall–Kier alpha value is -1.21. The Morgan fingerprint density at radius 1 is 1.50 bits per heavy atom. The lowest BCUT2D eigenvalue weighted by molar-refractivity contribution is -0.137. The third-order valence-electron chi connectivity index (χ3n) is 2.31. The van der Waals surface area contributed by atoms with E-state index in [2.05, 4.69) is 4.98 Å². The first-order chi connectivity index (χ1) is 8.28. The van der Waals surface area contributed by atoms with Gasteiger partial charge in [-0.2, -0.15) is 13.2 Å². The number of nitrogens with two attached hydrogens (primary N) is 1. The predicted octanol–water partition coefficient (Wildman–Crippen LogP) is 2.10. The molecule has 0 spiro atoms. The van der Waals surface area contributed by atoms with Gasteiger partial charge < -0.3 is 10.6 Å². The number of alkyl halides is 3. The Kier molecular flexibility index (Phi) is 5.03. The van der Waals surface area contributed by atoms with Gasteiger partial charge in [-0.1, -0.05) is 12.2 Å². The van der Waals surface area contributed by atoms with Crippen LogP contribution in [0.4, 0.5) is 13.2 Å². The second kappa shape index (κ2) is 6.10. The Balaban J connectivity index is 2.56. The second-order valence-electron chi connectivity index (χ2n) is 4.02. The van der Waals surface area contributed by atoms with Crippen molar-refractivity contribution in [2.24, 2.45) is 5.73 Å². The average Bonchev–Trinajstić information content (AvgIpc) is 2.26. The van der Waals surface area contributed by atoms with Gasteiger partial charge in [0.15, 0.2) is 0 Å². The number of aromatic nitrogens is 1. The molecule has 0 atom stereocenters. The van der Waals surface area contributed by atoms with E-state index < -0.39 is 12.6 Å². The van der Waals surface area contributed by atoms with Crippen LogP contribution in [0.3, 0.4) is 0 Å². The van der Waals surface area contributed by atoms with Crippen molar-refractivity contribution in [3.8, 4) is 0 Å². The SMILES string of the molecule is CN(CCC(F)(F)F)Cc1ccnc(C(N)=S)c1. The van der Waals surface area contributed by atoms with Crippen LogP contribution in [0.15, 0.2) is 18.3 Å². The zero-order valence-electron chi connectivity index (χ0n) is 9.87. The Morgan fingerprint density at radius 3 is 2.72 bits per heavy atom. The molecule has 0 amide bonds. The van der Waals surface area contributed by atoms with Gasteiger partial charge in [0.25, 0.3) is 0 Å². The minimum Gasteiger partial charge on any atom is -0.388 e. The van der Waals surface area contributed by atoms with Gasteiger partial charge >= 0.3 is 6.18 Å². The molecule has 0 bridgehead atoms. The van der Waals surface area contributed by atoms with Crippen molar-refractivity contribution < 1.29 is 13.2 Å². The van der Waals surface area contributed by atoms with Crippen molar-refractivity contribution in [1.29, 1.82) is 0 Å². The number of nitrogens with zero attached hydrogens (tertiary/aromatic N) is 2. The maximum absolute atomic E-state index is 12.1. The highest BCUT2D eigenvalue weighted by Gasteiger charge is 2.26. The lowest BCUT2D eigenvalue weighted by atomic mass is 10.2. The number of pyridine rings is 1. The Morgan fingerprint density at radius 2 is 2.17 bits per heavy atom. The van der Waals surface area contributed by atoms with Crippen molar-refractivity contribution in [1.82, 2.24) is 9.88 Å². The normalized spacial score (nSPS) is 11.8. The van der Waals surface area contributed by atoms with Gasteiger partial charge in [0.05, 0.1) is 12.1 Å². The molecule has 0 aliphatic rings. The zero-order valence-corrected chi connectivity index (χ0v) is 10.7. The van der Waals surface area contributed by atoms with Gasteiger partial charge in [0.2, 0.25) is 0 Å². The third kappa shape index (κ3) is 5.42. The summed E-state index contributed by atoms with van der Waals surface area (Å²) >= 11 is 4.79. The molecule has 0 aliphatic heterocycles. The van der Waals surface area contributed by atoms with E-state index >= 15 is 0 Å². The summed E-state index contributed by atoms with van der Waals surface area (Å²) in [7, 11) is 1.63. The molecule has 0 fully saturated rings. The Labute approximate surface area is 109 Å². The molecule has 0 saturated carbocycles. The average molecular weight is 277 g/mol. The van der Waals surface area contributed by atoms with Crippen LogP contribution in [0.25, 0.3) is 0 Å². The summed E-state index contributed by atoms with van der Waals surface area (Å²) in [4.78, 5) is 5.73. The van der Waals surface area contributed by atoms with E-state index in [1.54, 1.807) is 30.3 Å². The van der Waals surface area contributed by atoms with E-state index in [0.717, 1.165) is 5.56 Å². The maximum atomic E-state index is 12.1. The van der Waals surface area contributed by atoms with Crippen molar-refractivity contribution >= 4 is 17.2 Å². The molecule has 0 saturated heterocycles. The first-order valence-electron chi connectivity index (χ1n) is 5.28. The van der Waals surface area contributed by atoms with E-state index in [4.69, 9.17) is 18.0 Å². The van der Waals surface area contributed by atoms with Crippen LogP contribution in [0.5, 0.6) is 0 Å². The summed E-state index contributed by atoms with van der Waals surface area (Å²) in [5, 5.41) is 0. The topological polar surface area (TPSA) is 42.2 Å². The molecule has 0 unspecified atom stereocenters. The zero-order chi connectivity index (χ0) is 13.8. The number of hydrogen-bond acceptors (Lipinski definition) is 3. The molecule has 1 aromatic rings. The largest absolute Gasteiger partial charge is 0.390 e. The van der Waals surface area contributed by atoms with Crippen LogP contribution in [-0.2, 0) is 6.54 Å². The van der Waals surface area contributed by atoms with Gasteiger partial charge in [-0.05, 0) is 24.7 Å². The monoisotopic (exact) mass is 277 g/mol. The quantitative estimate of drug-likeness (QED) is 0.837.